The van der Waals surface area contributed by atoms with Crippen LogP contribution in [0.4, 0.5) is 0 Å². The zero-order valence-electron chi connectivity index (χ0n) is 11.5. The van der Waals surface area contributed by atoms with Gasteiger partial charge in [-0.2, -0.15) is 0 Å². The van der Waals surface area contributed by atoms with Crippen LogP contribution in [0, 0.1) is 5.41 Å². The lowest BCUT2D eigenvalue weighted by Gasteiger charge is -2.32. The number of amides is 1. The zero-order chi connectivity index (χ0) is 13.1. The molecule has 2 atom stereocenters. The molecule has 0 saturated carbocycles. The largest absolute Gasteiger partial charge is 0.376 e. The molecule has 1 fully saturated rings. The second-order valence-corrected chi connectivity index (χ2v) is 5.86. The van der Waals surface area contributed by atoms with E-state index in [1.165, 1.54) is 0 Å². The SMILES string of the molecule is CCN(CC1CCCO1)C(=O)[C@@H](N)C(C)(C)C. The third-order valence-corrected chi connectivity index (χ3v) is 3.34. The number of rotatable bonds is 4. The molecule has 0 bridgehead atoms. The van der Waals surface area contributed by atoms with Gasteiger partial charge in [-0.1, -0.05) is 20.8 Å². The Bertz CT molecular complexity index is 255. The summed E-state index contributed by atoms with van der Waals surface area (Å²) in [5.74, 6) is 0.0375. The molecule has 17 heavy (non-hydrogen) atoms. The molecule has 100 valence electrons. The minimum absolute atomic E-state index is 0.0375. The number of carbonyl (C=O) groups excluding carboxylic acids is 1. The summed E-state index contributed by atoms with van der Waals surface area (Å²) in [4.78, 5) is 14.1. The van der Waals surface area contributed by atoms with Crippen molar-refractivity contribution in [1.29, 1.82) is 0 Å². The first-order valence-corrected chi connectivity index (χ1v) is 6.52. The van der Waals surface area contributed by atoms with Crippen molar-refractivity contribution < 1.29 is 9.53 Å². The van der Waals surface area contributed by atoms with Crippen LogP contribution in [0.2, 0.25) is 0 Å². The van der Waals surface area contributed by atoms with E-state index in [1.54, 1.807) is 0 Å². The van der Waals surface area contributed by atoms with Crippen LogP contribution >= 0.6 is 0 Å². The molecule has 4 heteroatoms. The van der Waals surface area contributed by atoms with Gasteiger partial charge in [0, 0.05) is 19.7 Å². The molecule has 1 heterocycles. The number of nitrogens with zero attached hydrogens (tertiary/aromatic N) is 1. The molecule has 0 aromatic carbocycles. The monoisotopic (exact) mass is 242 g/mol. The van der Waals surface area contributed by atoms with E-state index in [0.717, 1.165) is 19.4 Å². The van der Waals surface area contributed by atoms with Crippen LogP contribution < -0.4 is 5.73 Å². The van der Waals surface area contributed by atoms with Crippen molar-refractivity contribution in [3.63, 3.8) is 0 Å². The second-order valence-electron chi connectivity index (χ2n) is 5.86. The van der Waals surface area contributed by atoms with Gasteiger partial charge >= 0.3 is 0 Å². The van der Waals surface area contributed by atoms with E-state index in [4.69, 9.17) is 10.5 Å². The van der Waals surface area contributed by atoms with Crippen molar-refractivity contribution in [1.82, 2.24) is 4.90 Å². The van der Waals surface area contributed by atoms with Crippen LogP contribution in [0.1, 0.15) is 40.5 Å². The maximum absolute atomic E-state index is 12.3. The Morgan fingerprint density at radius 3 is 2.59 bits per heavy atom. The summed E-state index contributed by atoms with van der Waals surface area (Å²) < 4.78 is 5.57. The van der Waals surface area contributed by atoms with Gasteiger partial charge in [0.25, 0.3) is 0 Å². The number of carbonyl (C=O) groups is 1. The number of hydrogen-bond acceptors (Lipinski definition) is 3. The van der Waals surface area contributed by atoms with Crippen molar-refractivity contribution in [2.24, 2.45) is 11.1 Å². The third kappa shape index (κ3) is 3.96. The molecule has 1 aliphatic rings. The van der Waals surface area contributed by atoms with Crippen LogP contribution in [-0.4, -0.2) is 42.6 Å². The highest BCUT2D eigenvalue weighted by atomic mass is 16.5. The lowest BCUT2D eigenvalue weighted by molar-refractivity contribution is -0.136. The Hall–Kier alpha value is -0.610. The van der Waals surface area contributed by atoms with Crippen LogP contribution in [-0.2, 0) is 9.53 Å². The van der Waals surface area contributed by atoms with Crippen LogP contribution in [0.15, 0.2) is 0 Å². The molecule has 1 aliphatic heterocycles. The van der Waals surface area contributed by atoms with Crippen molar-refractivity contribution in [2.45, 2.75) is 52.7 Å². The van der Waals surface area contributed by atoms with Gasteiger partial charge in [0.1, 0.15) is 0 Å². The van der Waals surface area contributed by atoms with Crippen molar-refractivity contribution in [2.75, 3.05) is 19.7 Å². The highest BCUT2D eigenvalue weighted by molar-refractivity contribution is 5.82. The van der Waals surface area contributed by atoms with Crippen molar-refractivity contribution in [3.8, 4) is 0 Å². The predicted molar refractivity (Wildman–Crippen MR) is 68.7 cm³/mol. The lowest BCUT2D eigenvalue weighted by Crippen LogP contribution is -2.51. The summed E-state index contributed by atoms with van der Waals surface area (Å²) in [6, 6.07) is -0.441. The summed E-state index contributed by atoms with van der Waals surface area (Å²) in [5, 5.41) is 0. The van der Waals surface area contributed by atoms with Gasteiger partial charge in [0.15, 0.2) is 0 Å². The summed E-state index contributed by atoms with van der Waals surface area (Å²) in [6.07, 6.45) is 2.35. The minimum Gasteiger partial charge on any atom is -0.376 e. The lowest BCUT2D eigenvalue weighted by atomic mass is 9.86. The highest BCUT2D eigenvalue weighted by Gasteiger charge is 2.32. The van der Waals surface area contributed by atoms with E-state index in [0.29, 0.717) is 13.1 Å². The Labute approximate surface area is 104 Å². The fraction of sp³-hybridized carbons (Fsp3) is 0.923. The molecule has 2 N–H and O–H groups in total. The zero-order valence-corrected chi connectivity index (χ0v) is 11.5. The van der Waals surface area contributed by atoms with Crippen LogP contribution in [0.25, 0.3) is 0 Å². The Kier molecular flexibility index (Phi) is 4.95. The average molecular weight is 242 g/mol. The molecule has 1 rings (SSSR count). The fourth-order valence-corrected chi connectivity index (χ4v) is 1.98. The first-order valence-electron chi connectivity index (χ1n) is 6.52. The molecular formula is C13H26N2O2. The van der Waals surface area contributed by atoms with Gasteiger partial charge < -0.3 is 15.4 Å². The molecule has 1 saturated heterocycles. The molecule has 0 aromatic heterocycles. The van der Waals surface area contributed by atoms with Gasteiger partial charge in [-0.25, -0.2) is 0 Å². The van der Waals surface area contributed by atoms with E-state index < -0.39 is 6.04 Å². The van der Waals surface area contributed by atoms with E-state index in [9.17, 15) is 4.79 Å². The number of ether oxygens (including phenoxy) is 1. The average Bonchev–Trinajstić information content (AvgIpc) is 2.75. The quantitative estimate of drug-likeness (QED) is 0.810. The Morgan fingerprint density at radius 1 is 1.53 bits per heavy atom. The molecule has 1 unspecified atom stereocenters. The predicted octanol–water partition coefficient (Wildman–Crippen LogP) is 1.39. The molecule has 4 nitrogen and oxygen atoms in total. The van der Waals surface area contributed by atoms with E-state index in [1.807, 2.05) is 32.6 Å². The van der Waals surface area contributed by atoms with E-state index >= 15 is 0 Å². The van der Waals surface area contributed by atoms with Gasteiger partial charge in [0.2, 0.25) is 5.91 Å². The van der Waals surface area contributed by atoms with Gasteiger partial charge in [-0.15, -0.1) is 0 Å². The fourth-order valence-electron chi connectivity index (χ4n) is 1.98. The summed E-state index contributed by atoms with van der Waals surface area (Å²) in [6.45, 7) is 10.2. The maximum atomic E-state index is 12.3. The molecule has 1 amide bonds. The maximum Gasteiger partial charge on any atom is 0.240 e. The third-order valence-electron chi connectivity index (χ3n) is 3.34. The van der Waals surface area contributed by atoms with Crippen LogP contribution in [0.5, 0.6) is 0 Å². The first kappa shape index (κ1) is 14.5. The highest BCUT2D eigenvalue weighted by Crippen LogP contribution is 2.20. The number of hydrogen-bond donors (Lipinski definition) is 1. The van der Waals surface area contributed by atoms with Gasteiger partial charge in [-0.05, 0) is 25.2 Å². The van der Waals surface area contributed by atoms with Crippen molar-refractivity contribution in [3.05, 3.63) is 0 Å². The second kappa shape index (κ2) is 5.83. The molecule has 0 aliphatic carbocycles. The topological polar surface area (TPSA) is 55.6 Å². The molecule has 0 aromatic rings. The normalized spacial score (nSPS) is 22.5. The number of likely N-dealkylation sites (N-methyl/N-ethyl adjacent to an activating group) is 1. The molecule has 0 spiro atoms. The van der Waals surface area contributed by atoms with Gasteiger partial charge in [-0.3, -0.25) is 4.79 Å². The van der Waals surface area contributed by atoms with E-state index in [2.05, 4.69) is 0 Å². The minimum atomic E-state index is -0.441. The summed E-state index contributed by atoms with van der Waals surface area (Å²) in [7, 11) is 0. The summed E-state index contributed by atoms with van der Waals surface area (Å²) in [5.41, 5.74) is 5.82. The first-order chi connectivity index (χ1) is 7.86. The number of nitrogens with two attached hydrogens (primary N) is 1. The molecular weight excluding hydrogens is 216 g/mol. The van der Waals surface area contributed by atoms with Crippen molar-refractivity contribution >= 4 is 5.91 Å². The van der Waals surface area contributed by atoms with E-state index in [-0.39, 0.29) is 17.4 Å². The van der Waals surface area contributed by atoms with Crippen LogP contribution in [0.3, 0.4) is 0 Å². The Balaban J connectivity index is 2.57. The summed E-state index contributed by atoms with van der Waals surface area (Å²) >= 11 is 0. The Morgan fingerprint density at radius 2 is 2.18 bits per heavy atom. The standard InChI is InChI=1S/C13H26N2O2/c1-5-15(9-10-7-6-8-17-10)12(16)11(14)13(2,3)4/h10-11H,5-9,14H2,1-4H3/t10?,11-/m1/s1. The van der Waals surface area contributed by atoms with Gasteiger partial charge in [0.05, 0.1) is 12.1 Å². The smallest absolute Gasteiger partial charge is 0.240 e. The molecule has 0 radical (unpaired) electrons.